The quantitative estimate of drug-likeness (QED) is 0.835. The Balaban J connectivity index is 2.18. The highest BCUT2D eigenvalue weighted by atomic mass is 16.5. The number of ether oxygens (including phenoxy) is 1. The van der Waals surface area contributed by atoms with Crippen LogP contribution in [0.25, 0.3) is 0 Å². The van der Waals surface area contributed by atoms with Crippen LogP contribution in [-0.4, -0.2) is 41.7 Å². The zero-order valence-corrected chi connectivity index (χ0v) is 12.3. The first kappa shape index (κ1) is 14.7. The Morgan fingerprint density at radius 2 is 2.30 bits per heavy atom. The van der Waals surface area contributed by atoms with Crippen LogP contribution in [0.2, 0.25) is 0 Å². The number of carbonyl (C=O) groups is 1. The molecule has 0 aliphatic carbocycles. The number of nitrogens with zero attached hydrogens (tertiary/aromatic N) is 3. The van der Waals surface area contributed by atoms with Crippen LogP contribution in [0.3, 0.4) is 0 Å². The van der Waals surface area contributed by atoms with Gasteiger partial charge in [0.1, 0.15) is 0 Å². The lowest BCUT2D eigenvalue weighted by Gasteiger charge is -2.34. The Morgan fingerprint density at radius 3 is 2.90 bits per heavy atom. The summed E-state index contributed by atoms with van der Waals surface area (Å²) in [6, 6.07) is 0.146. The average molecular weight is 278 g/mol. The second-order valence-electron chi connectivity index (χ2n) is 5.40. The third-order valence-electron chi connectivity index (χ3n) is 3.44. The molecular weight excluding hydrogens is 256 g/mol. The van der Waals surface area contributed by atoms with E-state index in [1.807, 2.05) is 0 Å². The summed E-state index contributed by atoms with van der Waals surface area (Å²) in [5.41, 5.74) is 7.10. The van der Waals surface area contributed by atoms with E-state index in [0.29, 0.717) is 29.7 Å². The summed E-state index contributed by atoms with van der Waals surface area (Å²) in [6.07, 6.45) is 2.57. The van der Waals surface area contributed by atoms with Crippen LogP contribution in [0.1, 0.15) is 36.3 Å². The van der Waals surface area contributed by atoms with E-state index in [-0.39, 0.29) is 12.0 Å². The molecule has 1 aliphatic rings. The summed E-state index contributed by atoms with van der Waals surface area (Å²) in [5.74, 6) is 0.783. The fourth-order valence-electron chi connectivity index (χ4n) is 2.58. The molecular formula is C14H22N4O2. The van der Waals surface area contributed by atoms with Gasteiger partial charge in [0.25, 0.3) is 0 Å². The van der Waals surface area contributed by atoms with Gasteiger partial charge in [-0.05, 0) is 26.2 Å². The molecule has 2 heterocycles. The van der Waals surface area contributed by atoms with Gasteiger partial charge in [0, 0.05) is 25.3 Å². The minimum atomic E-state index is -0.375. The maximum atomic E-state index is 11.7. The number of anilines is 1. The molecule has 1 fully saturated rings. The van der Waals surface area contributed by atoms with Gasteiger partial charge in [0.05, 0.1) is 17.9 Å². The predicted molar refractivity (Wildman–Crippen MR) is 76.7 cm³/mol. The number of piperidine rings is 1. The van der Waals surface area contributed by atoms with E-state index < -0.39 is 0 Å². The van der Waals surface area contributed by atoms with Gasteiger partial charge >= 0.3 is 5.97 Å². The van der Waals surface area contributed by atoms with Crippen molar-refractivity contribution >= 4 is 11.9 Å². The van der Waals surface area contributed by atoms with E-state index in [2.05, 4.69) is 21.8 Å². The van der Waals surface area contributed by atoms with Crippen molar-refractivity contribution in [2.24, 2.45) is 11.7 Å². The van der Waals surface area contributed by atoms with E-state index in [4.69, 9.17) is 10.5 Å². The number of hydrogen-bond acceptors (Lipinski definition) is 6. The largest absolute Gasteiger partial charge is 0.462 e. The van der Waals surface area contributed by atoms with Crippen molar-refractivity contribution in [1.82, 2.24) is 9.97 Å². The number of nitrogens with two attached hydrogens (primary N) is 1. The molecule has 6 nitrogen and oxygen atoms in total. The van der Waals surface area contributed by atoms with E-state index in [1.165, 1.54) is 0 Å². The van der Waals surface area contributed by atoms with Crippen molar-refractivity contribution in [3.05, 3.63) is 17.5 Å². The van der Waals surface area contributed by atoms with Gasteiger partial charge in [-0.3, -0.25) is 0 Å². The minimum absolute atomic E-state index is 0.146. The highest BCUT2D eigenvalue weighted by molar-refractivity contribution is 5.90. The molecule has 0 spiro atoms. The number of aromatic nitrogens is 2. The molecule has 0 radical (unpaired) electrons. The number of aryl methyl sites for hydroxylation is 1. The molecule has 1 aliphatic heterocycles. The van der Waals surface area contributed by atoms with Gasteiger partial charge in [-0.1, -0.05) is 6.92 Å². The molecule has 2 rings (SSSR count). The molecule has 1 aromatic heterocycles. The lowest BCUT2D eigenvalue weighted by Crippen LogP contribution is -2.47. The number of rotatable bonds is 3. The molecule has 2 N–H and O–H groups in total. The molecule has 0 aromatic carbocycles. The second-order valence-corrected chi connectivity index (χ2v) is 5.40. The van der Waals surface area contributed by atoms with Crippen LogP contribution in [0, 0.1) is 12.8 Å². The standard InChI is InChI=1S/C14H22N4O2/c1-4-20-13(19)12-6-16-14(17-10(12)3)18-7-9(2)5-11(15)8-18/h6,9,11H,4-5,7-8,15H2,1-3H3. The zero-order valence-electron chi connectivity index (χ0n) is 12.3. The normalized spacial score (nSPS) is 22.7. The summed E-state index contributed by atoms with van der Waals surface area (Å²) in [6.45, 7) is 7.74. The zero-order chi connectivity index (χ0) is 14.7. The van der Waals surface area contributed by atoms with Crippen LogP contribution >= 0.6 is 0 Å². The Bertz CT molecular complexity index is 482. The van der Waals surface area contributed by atoms with Crippen LogP contribution in [0.5, 0.6) is 0 Å². The van der Waals surface area contributed by atoms with Gasteiger partial charge in [-0.2, -0.15) is 0 Å². The molecule has 0 bridgehead atoms. The summed E-state index contributed by atoms with van der Waals surface area (Å²) in [5, 5.41) is 0. The van der Waals surface area contributed by atoms with Crippen LogP contribution in [-0.2, 0) is 4.74 Å². The predicted octanol–water partition coefficient (Wildman–Crippen LogP) is 1.14. The first-order valence-corrected chi connectivity index (χ1v) is 7.02. The Hall–Kier alpha value is -1.69. The molecule has 1 saturated heterocycles. The fraction of sp³-hybridized carbons (Fsp3) is 0.643. The number of carbonyl (C=O) groups excluding carboxylic acids is 1. The molecule has 110 valence electrons. The summed E-state index contributed by atoms with van der Waals surface area (Å²) < 4.78 is 4.98. The SMILES string of the molecule is CCOC(=O)c1cnc(N2CC(C)CC(N)C2)nc1C. The second kappa shape index (κ2) is 6.17. The lowest BCUT2D eigenvalue weighted by molar-refractivity contribution is 0.0524. The van der Waals surface area contributed by atoms with Gasteiger partial charge in [0.15, 0.2) is 0 Å². The van der Waals surface area contributed by atoms with Gasteiger partial charge in [-0.25, -0.2) is 14.8 Å². The minimum Gasteiger partial charge on any atom is -0.462 e. The maximum absolute atomic E-state index is 11.7. The van der Waals surface area contributed by atoms with Crippen molar-refractivity contribution in [2.75, 3.05) is 24.6 Å². The molecule has 1 aromatic rings. The van der Waals surface area contributed by atoms with E-state index in [9.17, 15) is 4.79 Å². The van der Waals surface area contributed by atoms with Crippen molar-refractivity contribution in [2.45, 2.75) is 33.2 Å². The van der Waals surface area contributed by atoms with E-state index in [1.54, 1.807) is 20.0 Å². The first-order valence-electron chi connectivity index (χ1n) is 7.02. The smallest absolute Gasteiger partial charge is 0.341 e. The highest BCUT2D eigenvalue weighted by Crippen LogP contribution is 2.20. The van der Waals surface area contributed by atoms with Crippen LogP contribution < -0.4 is 10.6 Å². The van der Waals surface area contributed by atoms with Crippen molar-refractivity contribution in [1.29, 1.82) is 0 Å². The third kappa shape index (κ3) is 3.25. The molecule has 0 saturated carbocycles. The highest BCUT2D eigenvalue weighted by Gasteiger charge is 2.24. The van der Waals surface area contributed by atoms with E-state index in [0.717, 1.165) is 19.5 Å². The van der Waals surface area contributed by atoms with Gasteiger partial charge < -0.3 is 15.4 Å². The molecule has 0 amide bonds. The Labute approximate surface area is 119 Å². The van der Waals surface area contributed by atoms with Crippen molar-refractivity contribution in [3.8, 4) is 0 Å². The monoisotopic (exact) mass is 278 g/mol. The summed E-state index contributed by atoms with van der Waals surface area (Å²) in [4.78, 5) is 22.5. The molecule has 2 unspecified atom stereocenters. The summed E-state index contributed by atoms with van der Waals surface area (Å²) >= 11 is 0. The Morgan fingerprint density at radius 1 is 1.55 bits per heavy atom. The van der Waals surface area contributed by atoms with Gasteiger partial charge in [-0.15, -0.1) is 0 Å². The van der Waals surface area contributed by atoms with E-state index >= 15 is 0 Å². The summed E-state index contributed by atoms with van der Waals surface area (Å²) in [7, 11) is 0. The molecule has 2 atom stereocenters. The van der Waals surface area contributed by atoms with Crippen molar-refractivity contribution in [3.63, 3.8) is 0 Å². The first-order chi connectivity index (χ1) is 9.51. The third-order valence-corrected chi connectivity index (χ3v) is 3.44. The average Bonchev–Trinajstić information content (AvgIpc) is 2.37. The fourth-order valence-corrected chi connectivity index (χ4v) is 2.58. The number of esters is 1. The van der Waals surface area contributed by atoms with Gasteiger partial charge in [0.2, 0.25) is 5.95 Å². The Kier molecular flexibility index (Phi) is 4.54. The topological polar surface area (TPSA) is 81.3 Å². The lowest BCUT2D eigenvalue weighted by atomic mass is 9.97. The molecule has 6 heteroatoms. The van der Waals surface area contributed by atoms with Crippen LogP contribution in [0.15, 0.2) is 6.20 Å². The van der Waals surface area contributed by atoms with Crippen LogP contribution in [0.4, 0.5) is 5.95 Å². The number of hydrogen-bond donors (Lipinski definition) is 1. The molecule has 20 heavy (non-hydrogen) atoms. The van der Waals surface area contributed by atoms with Crippen molar-refractivity contribution < 1.29 is 9.53 Å². The maximum Gasteiger partial charge on any atom is 0.341 e.